The fourth-order valence-electron chi connectivity index (χ4n) is 3.56. The first-order valence-electron chi connectivity index (χ1n) is 7.22. The summed E-state index contributed by atoms with van der Waals surface area (Å²) < 4.78 is 10.8. The van der Waals surface area contributed by atoms with Gasteiger partial charge in [0, 0.05) is 24.2 Å². The third kappa shape index (κ3) is 1.93. The molecule has 4 rings (SSSR count). The molecule has 0 aliphatic carbocycles. The van der Waals surface area contributed by atoms with Crippen LogP contribution in [0.25, 0.3) is 0 Å². The largest absolute Gasteiger partial charge is 0.454 e. The molecular formula is C15H18N2O3. The summed E-state index contributed by atoms with van der Waals surface area (Å²) in [6, 6.07) is 6.70. The van der Waals surface area contributed by atoms with Crippen molar-refractivity contribution in [1.29, 1.82) is 0 Å². The highest BCUT2D eigenvalue weighted by atomic mass is 16.7. The molecule has 20 heavy (non-hydrogen) atoms. The number of rotatable bonds is 3. The summed E-state index contributed by atoms with van der Waals surface area (Å²) in [6.07, 6.45) is 3.31. The van der Waals surface area contributed by atoms with Crippen LogP contribution in [0.4, 0.5) is 0 Å². The molecule has 1 aromatic carbocycles. The maximum atomic E-state index is 12.3. The van der Waals surface area contributed by atoms with Gasteiger partial charge in [0.2, 0.25) is 12.7 Å². The minimum Gasteiger partial charge on any atom is -0.454 e. The van der Waals surface area contributed by atoms with Crippen LogP contribution in [0.3, 0.4) is 0 Å². The highest BCUT2D eigenvalue weighted by molar-refractivity contribution is 5.80. The monoisotopic (exact) mass is 274 g/mol. The second-order valence-electron chi connectivity index (χ2n) is 5.76. The van der Waals surface area contributed by atoms with Gasteiger partial charge in [0.1, 0.15) is 0 Å². The Bertz CT molecular complexity index is 546. The first kappa shape index (κ1) is 12.0. The van der Waals surface area contributed by atoms with Crippen LogP contribution in [0, 0.1) is 5.92 Å². The molecule has 1 amide bonds. The van der Waals surface area contributed by atoms with E-state index >= 15 is 0 Å². The van der Waals surface area contributed by atoms with E-state index in [0.717, 1.165) is 29.9 Å². The smallest absolute Gasteiger partial charge is 0.231 e. The Kier molecular flexibility index (Phi) is 2.80. The highest BCUT2D eigenvalue weighted by Gasteiger charge is 2.42. The molecule has 0 spiro atoms. The number of ether oxygens (including phenoxy) is 2. The molecule has 1 aromatic rings. The molecule has 2 N–H and O–H groups in total. The van der Waals surface area contributed by atoms with Gasteiger partial charge in [0.05, 0.1) is 5.92 Å². The van der Waals surface area contributed by atoms with Gasteiger partial charge >= 0.3 is 0 Å². The molecule has 0 saturated carbocycles. The van der Waals surface area contributed by atoms with Gasteiger partial charge in [0.25, 0.3) is 0 Å². The molecule has 3 aliphatic heterocycles. The van der Waals surface area contributed by atoms with Crippen LogP contribution in [-0.2, 0) is 11.3 Å². The second-order valence-corrected chi connectivity index (χ2v) is 5.76. The Hall–Kier alpha value is -1.75. The number of para-hydroxylation sites is 1. The number of nitrogens with one attached hydrogen (secondary N) is 2. The average molecular weight is 274 g/mol. The number of carbonyl (C=O) groups is 1. The maximum absolute atomic E-state index is 12.3. The zero-order valence-electron chi connectivity index (χ0n) is 11.2. The first-order chi connectivity index (χ1) is 9.81. The molecule has 5 heteroatoms. The van der Waals surface area contributed by atoms with E-state index in [1.54, 1.807) is 0 Å². The van der Waals surface area contributed by atoms with Gasteiger partial charge in [-0.2, -0.15) is 0 Å². The zero-order chi connectivity index (χ0) is 13.5. The van der Waals surface area contributed by atoms with E-state index in [9.17, 15) is 4.79 Å². The highest BCUT2D eigenvalue weighted by Crippen LogP contribution is 2.36. The number of hydrogen-bond donors (Lipinski definition) is 2. The SMILES string of the molecule is O=C(NCc1cccc2c1OCO2)C1CC2CCC1N2. The fourth-order valence-corrected chi connectivity index (χ4v) is 3.56. The molecule has 3 unspecified atom stereocenters. The van der Waals surface area contributed by atoms with Gasteiger partial charge in [-0.1, -0.05) is 12.1 Å². The average Bonchev–Trinajstić information content (AvgIpc) is 3.19. The minimum absolute atomic E-state index is 0.127. The lowest BCUT2D eigenvalue weighted by atomic mass is 9.88. The zero-order valence-corrected chi connectivity index (χ0v) is 11.2. The Balaban J connectivity index is 1.41. The number of carbonyl (C=O) groups excluding carboxylic acids is 1. The van der Waals surface area contributed by atoms with Crippen molar-refractivity contribution in [2.24, 2.45) is 5.92 Å². The second kappa shape index (κ2) is 4.66. The van der Waals surface area contributed by atoms with E-state index < -0.39 is 0 Å². The van der Waals surface area contributed by atoms with Gasteiger partial charge in [0.15, 0.2) is 11.5 Å². The summed E-state index contributed by atoms with van der Waals surface area (Å²) in [6.45, 7) is 0.760. The first-order valence-corrected chi connectivity index (χ1v) is 7.22. The molecule has 0 aromatic heterocycles. The van der Waals surface area contributed by atoms with Crippen molar-refractivity contribution in [3.8, 4) is 11.5 Å². The quantitative estimate of drug-likeness (QED) is 0.868. The van der Waals surface area contributed by atoms with E-state index in [0.29, 0.717) is 18.6 Å². The van der Waals surface area contributed by atoms with Gasteiger partial charge in [-0.05, 0) is 25.3 Å². The van der Waals surface area contributed by atoms with Gasteiger partial charge < -0.3 is 20.1 Å². The van der Waals surface area contributed by atoms with Crippen LogP contribution in [0.2, 0.25) is 0 Å². The number of amides is 1. The number of benzene rings is 1. The Morgan fingerprint density at radius 2 is 2.30 bits per heavy atom. The third-order valence-corrected chi connectivity index (χ3v) is 4.57. The summed E-state index contributed by atoms with van der Waals surface area (Å²) in [5.41, 5.74) is 0.976. The van der Waals surface area contributed by atoms with Crippen LogP contribution in [0.5, 0.6) is 11.5 Å². The molecule has 3 heterocycles. The van der Waals surface area contributed by atoms with Crippen LogP contribution in [0.1, 0.15) is 24.8 Å². The Morgan fingerprint density at radius 1 is 1.35 bits per heavy atom. The van der Waals surface area contributed by atoms with Crippen molar-refractivity contribution in [2.75, 3.05) is 6.79 Å². The molecule has 2 saturated heterocycles. The van der Waals surface area contributed by atoms with E-state index in [1.807, 2.05) is 18.2 Å². The van der Waals surface area contributed by atoms with Crippen molar-refractivity contribution in [1.82, 2.24) is 10.6 Å². The standard InChI is InChI=1S/C15H18N2O3/c18-15(11-6-10-4-5-12(11)17-10)16-7-9-2-1-3-13-14(9)20-8-19-13/h1-3,10-12,17H,4-8H2,(H,16,18). The van der Waals surface area contributed by atoms with Gasteiger partial charge in [-0.3, -0.25) is 4.79 Å². The van der Waals surface area contributed by atoms with Crippen LogP contribution in [0.15, 0.2) is 18.2 Å². The fraction of sp³-hybridized carbons (Fsp3) is 0.533. The lowest BCUT2D eigenvalue weighted by Crippen LogP contribution is -2.37. The normalized spacial score (nSPS) is 29.7. The van der Waals surface area contributed by atoms with E-state index in [-0.39, 0.29) is 18.6 Å². The van der Waals surface area contributed by atoms with Crippen molar-refractivity contribution < 1.29 is 14.3 Å². The Morgan fingerprint density at radius 3 is 3.10 bits per heavy atom. The van der Waals surface area contributed by atoms with Crippen LogP contribution >= 0.6 is 0 Å². The summed E-state index contributed by atoms with van der Waals surface area (Å²) >= 11 is 0. The predicted molar refractivity (Wildman–Crippen MR) is 72.5 cm³/mol. The molecule has 2 bridgehead atoms. The number of fused-ring (bicyclic) bond motifs is 3. The molecule has 2 fully saturated rings. The van der Waals surface area contributed by atoms with Crippen LogP contribution < -0.4 is 20.1 Å². The van der Waals surface area contributed by atoms with E-state index in [2.05, 4.69) is 10.6 Å². The molecular weight excluding hydrogens is 256 g/mol. The van der Waals surface area contributed by atoms with Gasteiger partial charge in [-0.25, -0.2) is 0 Å². The van der Waals surface area contributed by atoms with Gasteiger partial charge in [-0.15, -0.1) is 0 Å². The molecule has 3 atom stereocenters. The maximum Gasteiger partial charge on any atom is 0.231 e. The van der Waals surface area contributed by atoms with Crippen LogP contribution in [-0.4, -0.2) is 24.8 Å². The van der Waals surface area contributed by atoms with Crippen molar-refractivity contribution in [3.63, 3.8) is 0 Å². The summed E-state index contributed by atoms with van der Waals surface area (Å²) in [4.78, 5) is 12.3. The van der Waals surface area contributed by atoms with E-state index in [4.69, 9.17) is 9.47 Å². The summed E-state index contributed by atoms with van der Waals surface area (Å²) in [5, 5.41) is 6.53. The Labute approximate surface area is 117 Å². The van der Waals surface area contributed by atoms with Crippen molar-refractivity contribution in [2.45, 2.75) is 37.9 Å². The molecule has 5 nitrogen and oxygen atoms in total. The molecule has 3 aliphatic rings. The lowest BCUT2D eigenvalue weighted by molar-refractivity contribution is -0.125. The minimum atomic E-state index is 0.127. The third-order valence-electron chi connectivity index (χ3n) is 4.57. The predicted octanol–water partition coefficient (Wildman–Crippen LogP) is 1.17. The van der Waals surface area contributed by atoms with Crippen molar-refractivity contribution in [3.05, 3.63) is 23.8 Å². The molecule has 0 radical (unpaired) electrons. The van der Waals surface area contributed by atoms with Crippen molar-refractivity contribution >= 4 is 5.91 Å². The summed E-state index contributed by atoms with van der Waals surface area (Å²) in [7, 11) is 0. The number of hydrogen-bond acceptors (Lipinski definition) is 4. The topological polar surface area (TPSA) is 59.6 Å². The molecule has 106 valence electrons. The lowest BCUT2D eigenvalue weighted by Gasteiger charge is -2.19. The van der Waals surface area contributed by atoms with E-state index in [1.165, 1.54) is 6.42 Å². The summed E-state index contributed by atoms with van der Waals surface area (Å²) in [5.74, 6) is 1.81.